The van der Waals surface area contributed by atoms with Crippen LogP contribution in [0.2, 0.25) is 10.0 Å². The lowest BCUT2D eigenvalue weighted by molar-refractivity contribution is 0.690. The molecular weight excluding hydrogens is 373 g/mol. The second-order valence-electron chi connectivity index (χ2n) is 5.52. The number of benzene rings is 2. The summed E-state index contributed by atoms with van der Waals surface area (Å²) in [5.41, 5.74) is 2.35. The number of nitrogens with zero attached hydrogens (tertiary/aromatic N) is 3. The third-order valence-corrected chi connectivity index (χ3v) is 5.20. The van der Waals surface area contributed by atoms with E-state index < -0.39 is 0 Å². The molecule has 0 unspecified atom stereocenters. The predicted octanol–water partition coefficient (Wildman–Crippen LogP) is 5.65. The normalized spacial score (nSPS) is 10.8. The van der Waals surface area contributed by atoms with E-state index in [0.29, 0.717) is 13.0 Å². The van der Waals surface area contributed by atoms with Crippen LogP contribution in [0.25, 0.3) is 0 Å². The number of thioether (sulfide) groups is 1. The van der Waals surface area contributed by atoms with Gasteiger partial charge in [-0.2, -0.15) is 0 Å². The van der Waals surface area contributed by atoms with Crippen LogP contribution < -0.4 is 0 Å². The fourth-order valence-corrected chi connectivity index (χ4v) is 3.56. The molecule has 25 heavy (non-hydrogen) atoms. The molecule has 0 aliphatic rings. The molecule has 0 saturated carbocycles. The number of aromatic nitrogens is 3. The van der Waals surface area contributed by atoms with Crippen LogP contribution in [0.15, 0.2) is 66.3 Å². The van der Waals surface area contributed by atoms with Gasteiger partial charge in [-0.1, -0.05) is 65.3 Å². The summed E-state index contributed by atoms with van der Waals surface area (Å²) in [7, 11) is 0. The number of halogens is 2. The van der Waals surface area contributed by atoms with E-state index in [9.17, 15) is 0 Å². The number of hydrogen-bond donors (Lipinski definition) is 0. The summed E-state index contributed by atoms with van der Waals surface area (Å²) in [6, 6.07) is 15.7. The van der Waals surface area contributed by atoms with Gasteiger partial charge in [0.05, 0.1) is 0 Å². The van der Waals surface area contributed by atoms with Crippen LogP contribution in [0.1, 0.15) is 17.0 Å². The molecule has 0 amide bonds. The van der Waals surface area contributed by atoms with Crippen LogP contribution in [-0.4, -0.2) is 14.8 Å². The van der Waals surface area contributed by atoms with E-state index in [1.54, 1.807) is 11.8 Å². The van der Waals surface area contributed by atoms with Gasteiger partial charge in [0.25, 0.3) is 0 Å². The third-order valence-electron chi connectivity index (χ3n) is 3.66. The summed E-state index contributed by atoms with van der Waals surface area (Å²) < 4.78 is 2.10. The molecule has 2 aromatic carbocycles. The highest BCUT2D eigenvalue weighted by Gasteiger charge is 2.12. The zero-order valence-corrected chi connectivity index (χ0v) is 15.9. The zero-order valence-electron chi connectivity index (χ0n) is 13.5. The van der Waals surface area contributed by atoms with Gasteiger partial charge < -0.3 is 4.57 Å². The van der Waals surface area contributed by atoms with Gasteiger partial charge in [-0.3, -0.25) is 0 Å². The predicted molar refractivity (Wildman–Crippen MR) is 105 cm³/mol. The van der Waals surface area contributed by atoms with Crippen molar-refractivity contribution < 1.29 is 0 Å². The average Bonchev–Trinajstić information content (AvgIpc) is 2.99. The molecule has 1 heterocycles. The van der Waals surface area contributed by atoms with E-state index in [0.717, 1.165) is 32.3 Å². The molecular formula is C19H17Cl2N3S. The standard InChI is InChI=1S/C19H17Cl2N3S/c1-2-11-24-18(12-14-3-7-16(20)8-4-14)22-23-19(24)25-13-15-5-9-17(21)10-6-15/h2-10H,1,11-13H2. The van der Waals surface area contributed by atoms with Gasteiger partial charge in [-0.05, 0) is 35.4 Å². The van der Waals surface area contributed by atoms with Gasteiger partial charge in [-0.15, -0.1) is 16.8 Å². The molecule has 3 aromatic rings. The summed E-state index contributed by atoms with van der Waals surface area (Å²) in [5, 5.41) is 11.1. The Morgan fingerprint density at radius 3 is 2.12 bits per heavy atom. The first kappa shape index (κ1) is 18.1. The van der Waals surface area contributed by atoms with Crippen molar-refractivity contribution >= 4 is 35.0 Å². The van der Waals surface area contributed by atoms with Crippen molar-refractivity contribution in [3.63, 3.8) is 0 Å². The van der Waals surface area contributed by atoms with Crippen molar-refractivity contribution in [2.45, 2.75) is 23.9 Å². The number of hydrogen-bond acceptors (Lipinski definition) is 3. The van der Waals surface area contributed by atoms with Gasteiger partial charge in [-0.25, -0.2) is 0 Å². The molecule has 0 radical (unpaired) electrons. The van der Waals surface area contributed by atoms with E-state index in [1.807, 2.05) is 54.6 Å². The van der Waals surface area contributed by atoms with E-state index in [4.69, 9.17) is 23.2 Å². The quantitative estimate of drug-likeness (QED) is 0.386. The van der Waals surface area contributed by atoms with Crippen LogP contribution >= 0.6 is 35.0 Å². The first-order chi connectivity index (χ1) is 12.2. The summed E-state index contributed by atoms with van der Waals surface area (Å²) >= 11 is 13.5. The summed E-state index contributed by atoms with van der Waals surface area (Å²) in [6.07, 6.45) is 2.57. The molecule has 0 aliphatic heterocycles. The van der Waals surface area contributed by atoms with Crippen LogP contribution in [0, 0.1) is 0 Å². The largest absolute Gasteiger partial charge is 0.302 e. The monoisotopic (exact) mass is 389 g/mol. The van der Waals surface area contributed by atoms with Crippen molar-refractivity contribution in [3.05, 3.63) is 88.2 Å². The summed E-state index contributed by atoms with van der Waals surface area (Å²) in [5.74, 6) is 1.73. The Bertz CT molecular complexity index is 842. The van der Waals surface area contributed by atoms with Gasteiger partial charge in [0.15, 0.2) is 5.16 Å². The SMILES string of the molecule is C=CCn1c(Cc2ccc(Cl)cc2)nnc1SCc1ccc(Cl)cc1. The first-order valence-electron chi connectivity index (χ1n) is 7.80. The number of rotatable bonds is 7. The molecule has 0 fully saturated rings. The van der Waals surface area contributed by atoms with Gasteiger partial charge in [0.2, 0.25) is 0 Å². The second-order valence-corrected chi connectivity index (χ2v) is 7.33. The molecule has 0 aliphatic carbocycles. The van der Waals surface area contributed by atoms with E-state index in [1.165, 1.54) is 5.56 Å². The maximum atomic E-state index is 5.95. The van der Waals surface area contributed by atoms with Crippen LogP contribution in [0.5, 0.6) is 0 Å². The molecule has 3 rings (SSSR count). The van der Waals surface area contributed by atoms with Crippen molar-refractivity contribution in [3.8, 4) is 0 Å². The van der Waals surface area contributed by atoms with Crippen molar-refractivity contribution in [1.82, 2.24) is 14.8 Å². The van der Waals surface area contributed by atoms with Crippen LogP contribution in [-0.2, 0) is 18.7 Å². The molecule has 128 valence electrons. The summed E-state index contributed by atoms with van der Waals surface area (Å²) in [6.45, 7) is 4.53. The Morgan fingerprint density at radius 1 is 0.920 bits per heavy atom. The molecule has 6 heteroatoms. The molecule has 0 saturated heterocycles. The minimum atomic E-state index is 0.679. The Hall–Kier alpha value is -1.75. The van der Waals surface area contributed by atoms with Gasteiger partial charge >= 0.3 is 0 Å². The van der Waals surface area contributed by atoms with Crippen LogP contribution in [0.4, 0.5) is 0 Å². The van der Waals surface area contributed by atoms with E-state index in [2.05, 4.69) is 21.3 Å². The lowest BCUT2D eigenvalue weighted by Gasteiger charge is -2.08. The van der Waals surface area contributed by atoms with E-state index >= 15 is 0 Å². The minimum absolute atomic E-state index is 0.679. The molecule has 0 spiro atoms. The van der Waals surface area contributed by atoms with Crippen molar-refractivity contribution in [2.75, 3.05) is 0 Å². The topological polar surface area (TPSA) is 30.7 Å². The maximum absolute atomic E-state index is 5.95. The molecule has 1 aromatic heterocycles. The first-order valence-corrected chi connectivity index (χ1v) is 9.54. The van der Waals surface area contributed by atoms with Crippen molar-refractivity contribution in [2.24, 2.45) is 0 Å². The molecule has 0 atom stereocenters. The molecule has 0 bridgehead atoms. The smallest absolute Gasteiger partial charge is 0.191 e. The van der Waals surface area contributed by atoms with Crippen LogP contribution in [0.3, 0.4) is 0 Å². The Balaban J connectivity index is 1.75. The highest BCUT2D eigenvalue weighted by atomic mass is 35.5. The Labute approximate surface area is 161 Å². The zero-order chi connectivity index (χ0) is 17.6. The Morgan fingerprint density at radius 2 is 1.52 bits per heavy atom. The maximum Gasteiger partial charge on any atom is 0.191 e. The number of allylic oxidation sites excluding steroid dienone is 1. The van der Waals surface area contributed by atoms with Gasteiger partial charge in [0.1, 0.15) is 5.82 Å². The van der Waals surface area contributed by atoms with Crippen molar-refractivity contribution in [1.29, 1.82) is 0 Å². The van der Waals surface area contributed by atoms with E-state index in [-0.39, 0.29) is 0 Å². The lowest BCUT2D eigenvalue weighted by atomic mass is 10.1. The minimum Gasteiger partial charge on any atom is -0.302 e. The summed E-state index contributed by atoms with van der Waals surface area (Å²) in [4.78, 5) is 0. The molecule has 3 nitrogen and oxygen atoms in total. The fourth-order valence-electron chi connectivity index (χ4n) is 2.38. The lowest BCUT2D eigenvalue weighted by Crippen LogP contribution is -2.04. The Kier molecular flexibility index (Phi) is 6.19. The second kappa shape index (κ2) is 8.56. The fraction of sp³-hybridized carbons (Fsp3) is 0.158. The highest BCUT2D eigenvalue weighted by molar-refractivity contribution is 7.98. The van der Waals surface area contributed by atoms with Gasteiger partial charge in [0, 0.05) is 28.8 Å². The highest BCUT2D eigenvalue weighted by Crippen LogP contribution is 2.24. The molecule has 0 N–H and O–H groups in total. The third kappa shape index (κ3) is 4.88. The average molecular weight is 390 g/mol.